The Balaban J connectivity index is 1.81. The number of carbonyl (C=O) groups is 3. The number of esters is 1. The number of hydrogen-bond acceptors (Lipinski definition) is 4. The lowest BCUT2D eigenvalue weighted by Gasteiger charge is -2.16. The first-order chi connectivity index (χ1) is 12.9. The van der Waals surface area contributed by atoms with Gasteiger partial charge < -0.3 is 10.1 Å². The highest BCUT2D eigenvalue weighted by atomic mass is 19.1. The van der Waals surface area contributed by atoms with Gasteiger partial charge in [0.1, 0.15) is 5.82 Å². The van der Waals surface area contributed by atoms with E-state index in [9.17, 15) is 18.8 Å². The number of benzene rings is 2. The molecule has 0 heterocycles. The summed E-state index contributed by atoms with van der Waals surface area (Å²) in [4.78, 5) is 35.4. The zero-order valence-corrected chi connectivity index (χ0v) is 14.9. The molecule has 0 bridgehead atoms. The smallest absolute Gasteiger partial charge is 0.331 e. The molecule has 0 fully saturated rings. The van der Waals surface area contributed by atoms with Crippen LogP contribution < -0.4 is 5.32 Å². The van der Waals surface area contributed by atoms with Crippen LogP contribution in [0.1, 0.15) is 18.1 Å². The molecule has 0 radical (unpaired) electrons. The molecule has 0 aliphatic heterocycles. The van der Waals surface area contributed by atoms with E-state index in [1.165, 1.54) is 37.3 Å². The third-order valence-corrected chi connectivity index (χ3v) is 3.74. The summed E-state index contributed by atoms with van der Waals surface area (Å²) < 4.78 is 17.7. The zero-order chi connectivity index (χ0) is 19.6. The number of ether oxygens (including phenoxy) is 1. The minimum Gasteiger partial charge on any atom is -0.452 e. The van der Waals surface area contributed by atoms with Gasteiger partial charge in [0.2, 0.25) is 0 Å². The van der Waals surface area contributed by atoms with Crippen LogP contribution in [0.25, 0.3) is 6.08 Å². The van der Waals surface area contributed by atoms with Crippen LogP contribution in [0.3, 0.4) is 0 Å². The highest BCUT2D eigenvalue weighted by Crippen LogP contribution is 2.05. The van der Waals surface area contributed by atoms with Gasteiger partial charge in [0.05, 0.1) is 6.04 Å². The molecular weight excluding hydrogens is 349 g/mol. The molecule has 1 atom stereocenters. The second kappa shape index (κ2) is 10.0. The minimum atomic E-state index is -0.711. The Morgan fingerprint density at radius 2 is 1.74 bits per heavy atom. The topological polar surface area (TPSA) is 72.5 Å². The summed E-state index contributed by atoms with van der Waals surface area (Å²) in [6.07, 6.45) is 2.96. The number of Topliss-reactive ketones (excluding diaryl/α,β-unsaturated/α-hetero) is 1. The lowest BCUT2D eigenvalue weighted by molar-refractivity contribution is -0.144. The van der Waals surface area contributed by atoms with E-state index in [1.54, 1.807) is 0 Å². The lowest BCUT2D eigenvalue weighted by Crippen LogP contribution is -2.43. The van der Waals surface area contributed by atoms with Crippen LogP contribution in [-0.4, -0.2) is 30.3 Å². The van der Waals surface area contributed by atoms with Crippen LogP contribution in [0.15, 0.2) is 60.7 Å². The number of nitrogens with one attached hydrogen (secondary N) is 1. The summed E-state index contributed by atoms with van der Waals surface area (Å²) in [5.74, 6) is -1.83. The zero-order valence-electron chi connectivity index (χ0n) is 14.9. The molecule has 0 saturated heterocycles. The first kappa shape index (κ1) is 20.0. The Morgan fingerprint density at radius 1 is 1.07 bits per heavy atom. The molecule has 0 unspecified atom stereocenters. The third kappa shape index (κ3) is 7.23. The van der Waals surface area contributed by atoms with Crippen LogP contribution in [-0.2, 0) is 25.5 Å². The first-order valence-electron chi connectivity index (χ1n) is 8.38. The molecule has 2 aromatic rings. The average Bonchev–Trinajstić information content (AvgIpc) is 2.66. The summed E-state index contributed by atoms with van der Waals surface area (Å²) >= 11 is 0. The standard InChI is InChI=1S/C21H20FNO4/c1-15(24)19(13-17-5-3-2-4-6-17)23-20(25)14-27-21(26)12-9-16-7-10-18(22)11-8-16/h2-12,19H,13-14H2,1H3,(H,23,25)/b12-9+/t19-/m0/s1. The molecule has 2 aromatic carbocycles. The monoisotopic (exact) mass is 369 g/mol. The maximum absolute atomic E-state index is 12.8. The van der Waals surface area contributed by atoms with Crippen molar-refractivity contribution in [3.05, 3.63) is 77.6 Å². The summed E-state index contributed by atoms with van der Waals surface area (Å²) in [5.41, 5.74) is 1.54. The van der Waals surface area contributed by atoms with Gasteiger partial charge in [-0.05, 0) is 42.7 Å². The predicted molar refractivity (Wildman–Crippen MR) is 99.2 cm³/mol. The van der Waals surface area contributed by atoms with E-state index in [0.717, 1.165) is 11.6 Å². The van der Waals surface area contributed by atoms with Crippen molar-refractivity contribution in [3.8, 4) is 0 Å². The molecule has 2 rings (SSSR count). The molecular formula is C21H20FNO4. The fourth-order valence-corrected chi connectivity index (χ4v) is 2.31. The van der Waals surface area contributed by atoms with Crippen molar-refractivity contribution in [2.24, 2.45) is 0 Å². The number of rotatable bonds is 8. The van der Waals surface area contributed by atoms with Crippen molar-refractivity contribution in [1.82, 2.24) is 5.32 Å². The van der Waals surface area contributed by atoms with E-state index in [1.807, 2.05) is 30.3 Å². The summed E-state index contributed by atoms with van der Waals surface area (Å²) in [7, 11) is 0. The molecule has 1 amide bonds. The minimum absolute atomic E-state index is 0.185. The number of hydrogen-bond donors (Lipinski definition) is 1. The quantitative estimate of drug-likeness (QED) is 0.574. The summed E-state index contributed by atoms with van der Waals surface area (Å²) in [5, 5.41) is 2.57. The molecule has 5 nitrogen and oxygen atoms in total. The predicted octanol–water partition coefficient (Wildman–Crippen LogP) is 2.70. The van der Waals surface area contributed by atoms with E-state index in [0.29, 0.717) is 12.0 Å². The van der Waals surface area contributed by atoms with Crippen LogP contribution in [0.5, 0.6) is 0 Å². The van der Waals surface area contributed by atoms with E-state index >= 15 is 0 Å². The maximum atomic E-state index is 12.8. The molecule has 0 saturated carbocycles. The number of amides is 1. The Morgan fingerprint density at radius 3 is 2.37 bits per heavy atom. The van der Waals surface area contributed by atoms with Crippen molar-refractivity contribution in [2.45, 2.75) is 19.4 Å². The highest BCUT2D eigenvalue weighted by Gasteiger charge is 2.18. The van der Waals surface area contributed by atoms with Crippen molar-refractivity contribution < 1.29 is 23.5 Å². The van der Waals surface area contributed by atoms with Gasteiger partial charge >= 0.3 is 5.97 Å². The molecule has 140 valence electrons. The van der Waals surface area contributed by atoms with Crippen LogP contribution in [0, 0.1) is 5.82 Å². The molecule has 0 aromatic heterocycles. The molecule has 27 heavy (non-hydrogen) atoms. The van der Waals surface area contributed by atoms with E-state index in [-0.39, 0.29) is 11.6 Å². The molecule has 0 aliphatic carbocycles. The van der Waals surface area contributed by atoms with Crippen LogP contribution >= 0.6 is 0 Å². The number of halogens is 1. The Hall–Kier alpha value is -3.28. The summed E-state index contributed by atoms with van der Waals surface area (Å²) in [6.45, 7) is 0.899. The van der Waals surface area contributed by atoms with Crippen molar-refractivity contribution in [3.63, 3.8) is 0 Å². The number of ketones is 1. The third-order valence-electron chi connectivity index (χ3n) is 3.74. The van der Waals surface area contributed by atoms with Crippen molar-refractivity contribution in [1.29, 1.82) is 0 Å². The molecule has 0 spiro atoms. The average molecular weight is 369 g/mol. The van der Waals surface area contributed by atoms with E-state index < -0.39 is 24.5 Å². The normalized spacial score (nSPS) is 11.8. The fourth-order valence-electron chi connectivity index (χ4n) is 2.31. The summed E-state index contributed by atoms with van der Waals surface area (Å²) in [6, 6.07) is 14.2. The maximum Gasteiger partial charge on any atom is 0.331 e. The molecule has 0 aliphatic rings. The van der Waals surface area contributed by atoms with Crippen molar-refractivity contribution in [2.75, 3.05) is 6.61 Å². The molecule has 6 heteroatoms. The van der Waals surface area contributed by atoms with Gasteiger partial charge in [-0.1, -0.05) is 42.5 Å². The largest absolute Gasteiger partial charge is 0.452 e. The SMILES string of the molecule is CC(=O)[C@H](Cc1ccccc1)NC(=O)COC(=O)/C=C/c1ccc(F)cc1. The van der Waals surface area contributed by atoms with E-state index in [2.05, 4.69) is 5.32 Å². The number of carbonyl (C=O) groups excluding carboxylic acids is 3. The fraction of sp³-hybridized carbons (Fsp3) is 0.190. The van der Waals surface area contributed by atoms with E-state index in [4.69, 9.17) is 4.74 Å². The Labute approximate surface area is 156 Å². The first-order valence-corrected chi connectivity index (χ1v) is 8.38. The Kier molecular flexibility index (Phi) is 7.43. The highest BCUT2D eigenvalue weighted by molar-refractivity contribution is 5.91. The van der Waals surface area contributed by atoms with Gasteiger partial charge in [-0.2, -0.15) is 0 Å². The van der Waals surface area contributed by atoms with Crippen LogP contribution in [0.2, 0.25) is 0 Å². The van der Waals surface area contributed by atoms with Crippen LogP contribution in [0.4, 0.5) is 4.39 Å². The Bertz CT molecular complexity index is 816. The molecule has 1 N–H and O–H groups in total. The van der Waals surface area contributed by atoms with Gasteiger partial charge in [-0.15, -0.1) is 0 Å². The second-order valence-corrected chi connectivity index (χ2v) is 5.91. The lowest BCUT2D eigenvalue weighted by atomic mass is 10.0. The van der Waals surface area contributed by atoms with Gasteiger partial charge in [-0.25, -0.2) is 9.18 Å². The van der Waals surface area contributed by atoms with Gasteiger partial charge in [0.25, 0.3) is 5.91 Å². The second-order valence-electron chi connectivity index (χ2n) is 5.91. The van der Waals surface area contributed by atoms with Gasteiger partial charge in [0, 0.05) is 6.08 Å². The van der Waals surface area contributed by atoms with Gasteiger partial charge in [0.15, 0.2) is 12.4 Å². The van der Waals surface area contributed by atoms with Crippen molar-refractivity contribution >= 4 is 23.7 Å². The van der Waals surface area contributed by atoms with Gasteiger partial charge in [-0.3, -0.25) is 9.59 Å².